The summed E-state index contributed by atoms with van der Waals surface area (Å²) >= 11 is 1.58. The Balaban J connectivity index is 1.32. The topological polar surface area (TPSA) is 59.7 Å². The van der Waals surface area contributed by atoms with Crippen LogP contribution in [0.5, 0.6) is 0 Å². The highest BCUT2D eigenvalue weighted by Gasteiger charge is 2.24. The largest absolute Gasteiger partial charge is 0.370 e. The summed E-state index contributed by atoms with van der Waals surface area (Å²) in [5.74, 6) is 0.122. The number of aromatic nitrogens is 3. The van der Waals surface area contributed by atoms with Crippen molar-refractivity contribution in [2.45, 2.75) is 32.0 Å². The highest BCUT2D eigenvalue weighted by atomic mass is 32.1. The quantitative estimate of drug-likeness (QED) is 0.705. The van der Waals surface area contributed by atoms with Gasteiger partial charge in [-0.1, -0.05) is 6.07 Å². The van der Waals surface area contributed by atoms with Gasteiger partial charge in [0.1, 0.15) is 0 Å². The molecule has 0 aromatic carbocycles. The fraction of sp³-hybridized carbons (Fsp3) is 0.389. The molecule has 0 aliphatic carbocycles. The molecule has 3 aromatic rings. The van der Waals surface area contributed by atoms with E-state index in [-0.39, 0.29) is 12.0 Å². The minimum atomic E-state index is 0.0743. The van der Waals surface area contributed by atoms with Crippen LogP contribution in [0.2, 0.25) is 0 Å². The maximum atomic E-state index is 12.6. The first-order chi connectivity index (χ1) is 12.3. The van der Waals surface area contributed by atoms with Gasteiger partial charge in [-0.15, -0.1) is 11.3 Å². The third-order valence-electron chi connectivity index (χ3n) is 4.40. The molecule has 0 bridgehead atoms. The van der Waals surface area contributed by atoms with Crippen molar-refractivity contribution in [2.75, 3.05) is 13.1 Å². The predicted molar refractivity (Wildman–Crippen MR) is 95.4 cm³/mol. The van der Waals surface area contributed by atoms with Crippen LogP contribution < -0.4 is 0 Å². The Morgan fingerprint density at radius 1 is 1.36 bits per heavy atom. The number of carbonyl (C=O) groups is 1. The first-order valence-electron chi connectivity index (χ1n) is 8.48. The van der Waals surface area contributed by atoms with Gasteiger partial charge in [0.15, 0.2) is 4.96 Å². The summed E-state index contributed by atoms with van der Waals surface area (Å²) in [5, 5.41) is 1.99. The van der Waals surface area contributed by atoms with E-state index in [0.29, 0.717) is 19.6 Å². The van der Waals surface area contributed by atoms with Gasteiger partial charge in [0.2, 0.25) is 5.91 Å². The number of amides is 1. The molecule has 1 fully saturated rings. The van der Waals surface area contributed by atoms with E-state index >= 15 is 0 Å². The van der Waals surface area contributed by atoms with Gasteiger partial charge in [-0.2, -0.15) is 0 Å². The van der Waals surface area contributed by atoms with Gasteiger partial charge in [-0.05, 0) is 25.0 Å². The molecule has 1 saturated heterocycles. The summed E-state index contributed by atoms with van der Waals surface area (Å²) in [7, 11) is 0. The van der Waals surface area contributed by atoms with Crippen LogP contribution in [0.15, 0.2) is 42.2 Å². The zero-order valence-electron chi connectivity index (χ0n) is 13.9. The average Bonchev–Trinajstić information content (AvgIpc) is 3.23. The van der Waals surface area contributed by atoms with E-state index < -0.39 is 0 Å². The molecule has 3 aromatic heterocycles. The van der Waals surface area contributed by atoms with E-state index in [9.17, 15) is 4.79 Å². The van der Waals surface area contributed by atoms with E-state index in [0.717, 1.165) is 35.7 Å². The van der Waals surface area contributed by atoms with E-state index in [2.05, 4.69) is 9.97 Å². The van der Waals surface area contributed by atoms with Crippen LogP contribution in [0.25, 0.3) is 4.96 Å². The Morgan fingerprint density at radius 3 is 3.16 bits per heavy atom. The van der Waals surface area contributed by atoms with Crippen LogP contribution in [-0.4, -0.2) is 44.4 Å². The molecule has 6 nitrogen and oxygen atoms in total. The lowest BCUT2D eigenvalue weighted by Gasteiger charge is -2.32. The Morgan fingerprint density at radius 2 is 2.32 bits per heavy atom. The van der Waals surface area contributed by atoms with E-state index in [1.807, 2.05) is 45.3 Å². The smallest absolute Gasteiger partial charge is 0.228 e. The zero-order chi connectivity index (χ0) is 17.1. The molecule has 0 radical (unpaired) electrons. The van der Waals surface area contributed by atoms with Crippen molar-refractivity contribution < 1.29 is 9.53 Å². The van der Waals surface area contributed by atoms with E-state index in [1.165, 1.54) is 0 Å². The molecule has 7 heteroatoms. The molecule has 1 atom stereocenters. The summed E-state index contributed by atoms with van der Waals surface area (Å²) in [6, 6.07) is 5.80. The lowest BCUT2D eigenvalue weighted by Crippen LogP contribution is -2.43. The van der Waals surface area contributed by atoms with Crippen molar-refractivity contribution in [2.24, 2.45) is 0 Å². The first kappa shape index (κ1) is 16.2. The SMILES string of the molecule is O=C(Cc1cn2ccsc2n1)N1CCC[C@H](OCc2ccccn2)C1. The molecule has 1 aliphatic heterocycles. The highest BCUT2D eigenvalue weighted by molar-refractivity contribution is 7.15. The van der Waals surface area contributed by atoms with Gasteiger partial charge >= 0.3 is 0 Å². The number of nitrogens with zero attached hydrogens (tertiary/aromatic N) is 4. The number of hydrogen-bond acceptors (Lipinski definition) is 5. The summed E-state index contributed by atoms with van der Waals surface area (Å²) < 4.78 is 7.92. The molecule has 4 rings (SSSR count). The van der Waals surface area contributed by atoms with Crippen LogP contribution in [0.3, 0.4) is 0 Å². The van der Waals surface area contributed by atoms with Crippen LogP contribution in [0, 0.1) is 0 Å². The fourth-order valence-corrected chi connectivity index (χ4v) is 3.83. The Bertz CT molecular complexity index is 817. The number of imidazole rings is 1. The predicted octanol–water partition coefficient (Wildman–Crippen LogP) is 2.54. The number of piperidine rings is 1. The fourth-order valence-electron chi connectivity index (χ4n) is 3.12. The Hall–Kier alpha value is -2.25. The maximum absolute atomic E-state index is 12.6. The number of hydrogen-bond donors (Lipinski definition) is 0. The Labute approximate surface area is 150 Å². The van der Waals surface area contributed by atoms with Crippen molar-refractivity contribution >= 4 is 22.2 Å². The summed E-state index contributed by atoms with van der Waals surface area (Å²) in [4.78, 5) is 24.2. The van der Waals surface area contributed by atoms with Crippen LogP contribution >= 0.6 is 11.3 Å². The molecule has 1 aliphatic rings. The van der Waals surface area contributed by atoms with E-state index in [1.54, 1.807) is 17.5 Å². The lowest BCUT2D eigenvalue weighted by atomic mass is 10.1. The van der Waals surface area contributed by atoms with Crippen LogP contribution in [0.1, 0.15) is 24.2 Å². The molecule has 4 heterocycles. The van der Waals surface area contributed by atoms with Crippen molar-refractivity contribution in [3.63, 3.8) is 0 Å². The van der Waals surface area contributed by atoms with Gasteiger partial charge in [0.05, 0.1) is 30.5 Å². The van der Waals surface area contributed by atoms with Gasteiger partial charge in [-0.25, -0.2) is 4.98 Å². The maximum Gasteiger partial charge on any atom is 0.228 e. The molecule has 1 amide bonds. The van der Waals surface area contributed by atoms with E-state index in [4.69, 9.17) is 4.74 Å². The number of fused-ring (bicyclic) bond motifs is 1. The first-order valence-corrected chi connectivity index (χ1v) is 9.36. The Kier molecular flexibility index (Phi) is 4.76. The number of likely N-dealkylation sites (tertiary alicyclic amines) is 1. The van der Waals surface area contributed by atoms with Crippen molar-refractivity contribution in [3.05, 3.63) is 53.6 Å². The summed E-state index contributed by atoms with van der Waals surface area (Å²) in [6.45, 7) is 1.93. The summed E-state index contributed by atoms with van der Waals surface area (Å²) in [6.07, 6.45) is 8.04. The number of thiazole rings is 1. The standard InChI is InChI=1S/C18H20N4O2S/c23-17(10-15-11-22-8-9-25-18(22)20-15)21-7-3-5-16(12-21)24-13-14-4-1-2-6-19-14/h1-2,4,6,8-9,11,16H,3,5,7,10,12-13H2/t16-/m0/s1. The third-order valence-corrected chi connectivity index (χ3v) is 5.17. The zero-order valence-corrected chi connectivity index (χ0v) is 14.7. The second kappa shape index (κ2) is 7.33. The molecular formula is C18H20N4O2S. The van der Waals surface area contributed by atoms with Crippen LogP contribution in [0.4, 0.5) is 0 Å². The van der Waals surface area contributed by atoms with Gasteiger partial charge in [0, 0.05) is 37.1 Å². The molecule has 130 valence electrons. The molecular weight excluding hydrogens is 336 g/mol. The molecule has 0 N–H and O–H groups in total. The van der Waals surface area contributed by atoms with Crippen molar-refractivity contribution in [1.29, 1.82) is 0 Å². The van der Waals surface area contributed by atoms with Crippen LogP contribution in [-0.2, 0) is 22.6 Å². The number of rotatable bonds is 5. The molecule has 0 spiro atoms. The van der Waals surface area contributed by atoms with Crippen molar-refractivity contribution in [3.8, 4) is 0 Å². The minimum Gasteiger partial charge on any atom is -0.370 e. The summed E-state index contributed by atoms with van der Waals surface area (Å²) in [5.41, 5.74) is 1.75. The highest BCUT2D eigenvalue weighted by Crippen LogP contribution is 2.17. The minimum absolute atomic E-state index is 0.0743. The normalized spacial score (nSPS) is 17.9. The lowest BCUT2D eigenvalue weighted by molar-refractivity contribution is -0.135. The molecule has 0 unspecified atom stereocenters. The molecule has 0 saturated carbocycles. The van der Waals surface area contributed by atoms with Gasteiger partial charge in [0.25, 0.3) is 0 Å². The van der Waals surface area contributed by atoms with Gasteiger partial charge in [-0.3, -0.25) is 14.2 Å². The number of ether oxygens (including phenoxy) is 1. The third kappa shape index (κ3) is 3.88. The average molecular weight is 356 g/mol. The second-order valence-electron chi connectivity index (χ2n) is 6.24. The number of carbonyl (C=O) groups excluding carboxylic acids is 1. The molecule has 25 heavy (non-hydrogen) atoms. The number of pyridine rings is 1. The second-order valence-corrected chi connectivity index (χ2v) is 7.11. The van der Waals surface area contributed by atoms with Crippen molar-refractivity contribution in [1.82, 2.24) is 19.3 Å². The monoisotopic (exact) mass is 356 g/mol. The van der Waals surface area contributed by atoms with Gasteiger partial charge < -0.3 is 9.64 Å².